The maximum Gasteiger partial charge on any atom is 0.339 e. The highest BCUT2D eigenvalue weighted by Crippen LogP contribution is 2.53. The fourth-order valence-corrected chi connectivity index (χ4v) is 8.52. The molecule has 2 aromatic heterocycles. The Kier molecular flexibility index (Phi) is 8.68. The van der Waals surface area contributed by atoms with Gasteiger partial charge in [-0.3, -0.25) is 9.80 Å². The van der Waals surface area contributed by atoms with Gasteiger partial charge in [0.2, 0.25) is 0 Å². The number of carbonyl (C=O) groups is 1. The zero-order valence-corrected chi connectivity index (χ0v) is 29.3. The largest absolute Gasteiger partial charge is 0.497 e. The van der Waals surface area contributed by atoms with Crippen LogP contribution in [0.3, 0.4) is 0 Å². The number of fused-ring (bicyclic) bond motifs is 1. The van der Waals surface area contributed by atoms with Gasteiger partial charge in [-0.05, 0) is 65.8 Å². The van der Waals surface area contributed by atoms with E-state index in [9.17, 15) is 14.3 Å². The quantitative estimate of drug-likeness (QED) is 0.153. The van der Waals surface area contributed by atoms with Gasteiger partial charge in [0.1, 0.15) is 34.3 Å². The molecular weight excluding hydrogens is 645 g/mol. The molecule has 1 aliphatic carbocycles. The first-order valence-corrected chi connectivity index (χ1v) is 17.8. The molecule has 2 aliphatic heterocycles. The number of aromatic amines is 1. The zero-order chi connectivity index (χ0) is 35.3. The smallest absolute Gasteiger partial charge is 0.339 e. The Morgan fingerprint density at radius 1 is 1.04 bits per heavy atom. The lowest BCUT2D eigenvalue weighted by Crippen LogP contribution is -2.68. The van der Waals surface area contributed by atoms with Gasteiger partial charge < -0.3 is 24.5 Å². The molecule has 51 heavy (non-hydrogen) atoms. The average molecular weight is 690 g/mol. The number of halogens is 1. The van der Waals surface area contributed by atoms with Crippen molar-refractivity contribution in [3.8, 4) is 17.2 Å². The van der Waals surface area contributed by atoms with E-state index in [2.05, 4.69) is 74.9 Å². The van der Waals surface area contributed by atoms with Gasteiger partial charge in [0, 0.05) is 74.7 Å². The SMILES string of the molecule is COc1ccc(CN2CCN(C3CC4(C3)CN(c3ccc(C(=O)O)c(Oc5cnc6[nH]cc(F)c6c5)c3)C4)[C@H](c3ccccc3C(C)C)C2)cc1. The van der Waals surface area contributed by atoms with E-state index in [4.69, 9.17) is 9.47 Å². The van der Waals surface area contributed by atoms with Crippen molar-refractivity contribution in [2.75, 3.05) is 44.7 Å². The van der Waals surface area contributed by atoms with Crippen molar-refractivity contribution in [2.45, 2.75) is 51.2 Å². The molecule has 0 amide bonds. The third kappa shape index (κ3) is 6.43. The molecule has 10 heteroatoms. The van der Waals surface area contributed by atoms with Gasteiger partial charge in [0.25, 0.3) is 0 Å². The van der Waals surface area contributed by atoms with Gasteiger partial charge in [-0.15, -0.1) is 0 Å². The summed E-state index contributed by atoms with van der Waals surface area (Å²) in [6, 6.07) is 25.0. The number of carboxylic acids is 1. The second-order valence-corrected chi connectivity index (χ2v) is 14.8. The van der Waals surface area contributed by atoms with Gasteiger partial charge in [-0.2, -0.15) is 0 Å². The second kappa shape index (κ2) is 13.3. The fourth-order valence-electron chi connectivity index (χ4n) is 8.52. The van der Waals surface area contributed by atoms with Crippen molar-refractivity contribution in [2.24, 2.45) is 5.41 Å². The number of anilines is 1. The van der Waals surface area contributed by atoms with Crippen molar-refractivity contribution in [1.29, 1.82) is 0 Å². The molecule has 2 N–H and O–H groups in total. The molecule has 1 saturated carbocycles. The molecule has 1 atom stereocenters. The van der Waals surface area contributed by atoms with Gasteiger partial charge >= 0.3 is 5.97 Å². The topological polar surface area (TPSA) is 94.2 Å². The third-order valence-corrected chi connectivity index (χ3v) is 11.2. The molecule has 0 bridgehead atoms. The Hall–Kier alpha value is -4.93. The normalized spacial score (nSPS) is 19.3. The molecule has 0 radical (unpaired) electrons. The van der Waals surface area contributed by atoms with Crippen molar-refractivity contribution < 1.29 is 23.8 Å². The summed E-state index contributed by atoms with van der Waals surface area (Å²) in [6.45, 7) is 10.4. The molecule has 3 aromatic carbocycles. The van der Waals surface area contributed by atoms with Gasteiger partial charge in [0.05, 0.1) is 18.7 Å². The van der Waals surface area contributed by atoms with Crippen LogP contribution in [-0.4, -0.2) is 76.7 Å². The third-order valence-electron chi connectivity index (χ3n) is 11.2. The summed E-state index contributed by atoms with van der Waals surface area (Å²) in [4.78, 5) is 26.8. The number of hydrogen-bond donors (Lipinski definition) is 2. The number of pyridine rings is 1. The molecule has 5 aromatic rings. The highest BCUT2D eigenvalue weighted by Gasteiger charge is 2.55. The summed E-state index contributed by atoms with van der Waals surface area (Å²) >= 11 is 0. The molecule has 264 valence electrons. The number of H-pyrrole nitrogens is 1. The highest BCUT2D eigenvalue weighted by atomic mass is 19.1. The van der Waals surface area contributed by atoms with E-state index >= 15 is 0 Å². The number of carboxylic acid groups (broad SMARTS) is 1. The van der Waals surface area contributed by atoms with Crippen molar-refractivity contribution in [1.82, 2.24) is 19.8 Å². The van der Waals surface area contributed by atoms with Crippen LogP contribution in [0, 0.1) is 11.2 Å². The van der Waals surface area contributed by atoms with Crippen LogP contribution >= 0.6 is 0 Å². The number of methoxy groups -OCH3 is 1. The molecule has 1 spiro atoms. The number of rotatable bonds is 10. The molecule has 8 rings (SSSR count). The molecule has 4 heterocycles. The number of nitrogens with one attached hydrogen (secondary N) is 1. The molecule has 0 unspecified atom stereocenters. The second-order valence-electron chi connectivity index (χ2n) is 14.8. The van der Waals surface area contributed by atoms with Gasteiger partial charge in [-0.1, -0.05) is 50.2 Å². The maximum atomic E-state index is 14.2. The number of nitrogens with zero attached hydrogens (tertiary/aromatic N) is 4. The van der Waals surface area contributed by atoms with Crippen LogP contribution in [0.15, 0.2) is 85.2 Å². The van der Waals surface area contributed by atoms with Crippen LogP contribution in [0.1, 0.15) is 65.7 Å². The van der Waals surface area contributed by atoms with Crippen molar-refractivity contribution in [3.05, 3.63) is 113 Å². The number of aromatic carboxylic acids is 1. The molecule has 3 aliphatic rings. The summed E-state index contributed by atoms with van der Waals surface area (Å²) < 4.78 is 25.6. The van der Waals surface area contributed by atoms with E-state index in [0.717, 1.165) is 63.5 Å². The first kappa shape index (κ1) is 33.2. The van der Waals surface area contributed by atoms with E-state index in [1.165, 1.54) is 35.2 Å². The lowest BCUT2D eigenvalue weighted by atomic mass is 9.59. The predicted molar refractivity (Wildman–Crippen MR) is 195 cm³/mol. The van der Waals surface area contributed by atoms with E-state index in [0.29, 0.717) is 29.0 Å². The van der Waals surface area contributed by atoms with Crippen LogP contribution in [0.5, 0.6) is 17.2 Å². The van der Waals surface area contributed by atoms with Crippen molar-refractivity contribution >= 4 is 22.7 Å². The minimum Gasteiger partial charge on any atom is -0.497 e. The number of hydrogen-bond acceptors (Lipinski definition) is 7. The summed E-state index contributed by atoms with van der Waals surface area (Å²) in [6.07, 6.45) is 5.00. The van der Waals surface area contributed by atoms with E-state index < -0.39 is 11.8 Å². The maximum absolute atomic E-state index is 14.2. The predicted octanol–water partition coefficient (Wildman–Crippen LogP) is 7.85. The zero-order valence-electron chi connectivity index (χ0n) is 29.3. The summed E-state index contributed by atoms with van der Waals surface area (Å²) in [5, 5.41) is 10.2. The molecular formula is C41H44FN5O4. The molecule has 2 saturated heterocycles. The Bertz CT molecular complexity index is 2050. The number of piperazine rings is 1. The number of ether oxygens (including phenoxy) is 2. The van der Waals surface area contributed by atoms with Crippen LogP contribution in [0.2, 0.25) is 0 Å². The first-order chi connectivity index (χ1) is 24.7. The van der Waals surface area contributed by atoms with Gasteiger partial charge in [-0.25, -0.2) is 14.2 Å². The van der Waals surface area contributed by atoms with Crippen LogP contribution in [-0.2, 0) is 6.54 Å². The van der Waals surface area contributed by atoms with Gasteiger partial charge in [0.15, 0.2) is 0 Å². The summed E-state index contributed by atoms with van der Waals surface area (Å²) in [5.74, 6) is 0.295. The van der Waals surface area contributed by atoms with E-state index in [1.807, 2.05) is 18.2 Å². The lowest BCUT2D eigenvalue weighted by Gasteiger charge is -2.63. The average Bonchev–Trinajstić information content (AvgIpc) is 3.47. The first-order valence-electron chi connectivity index (χ1n) is 17.8. The monoisotopic (exact) mass is 689 g/mol. The number of benzene rings is 3. The Balaban J connectivity index is 0.961. The Labute approximate surface area is 297 Å². The highest BCUT2D eigenvalue weighted by molar-refractivity contribution is 5.92. The molecule has 9 nitrogen and oxygen atoms in total. The summed E-state index contributed by atoms with van der Waals surface area (Å²) in [5.41, 5.74) is 5.80. The Morgan fingerprint density at radius 3 is 2.57 bits per heavy atom. The van der Waals surface area contributed by atoms with Crippen LogP contribution < -0.4 is 14.4 Å². The minimum atomic E-state index is -1.09. The van der Waals surface area contributed by atoms with E-state index in [-0.39, 0.29) is 22.5 Å². The van der Waals surface area contributed by atoms with Crippen molar-refractivity contribution in [3.63, 3.8) is 0 Å². The number of aromatic nitrogens is 2. The van der Waals surface area contributed by atoms with Crippen LogP contribution in [0.4, 0.5) is 10.1 Å². The minimum absolute atomic E-state index is 0.0474. The lowest BCUT2D eigenvalue weighted by molar-refractivity contribution is -0.0647. The summed E-state index contributed by atoms with van der Waals surface area (Å²) in [7, 11) is 1.70. The van der Waals surface area contributed by atoms with E-state index in [1.54, 1.807) is 19.2 Å². The fraction of sp³-hybridized carbons (Fsp3) is 0.366. The standard InChI is InChI=1S/C41H44FN5O4/c1-26(2)32-6-4-5-7-33(32)37-23-45(22-27-8-11-30(50-3)12-9-27)14-15-47(37)29-18-41(19-29)24-46(25-41)28-10-13-34(40(48)49)38(16-28)51-31-17-35-36(42)21-44-39(35)43-20-31/h4-13,16-17,20-21,26,29,37H,14-15,18-19,22-25H2,1-3H3,(H,43,44)(H,48,49)/t37-/m0/s1. The molecule has 3 fully saturated rings. The van der Waals surface area contributed by atoms with Crippen LogP contribution in [0.25, 0.3) is 11.0 Å². The Morgan fingerprint density at radius 2 is 1.82 bits per heavy atom.